The van der Waals surface area contributed by atoms with Crippen molar-refractivity contribution in [2.45, 2.75) is 6.42 Å². The molecule has 0 bridgehead atoms. The molecular weight excluding hydrogens is 268 g/mol. The Hall–Kier alpha value is -1.13. The number of carbonyl (C=O) groups is 1. The Morgan fingerprint density at radius 1 is 1.50 bits per heavy atom. The fourth-order valence-corrected chi connectivity index (χ4v) is 2.43. The normalized spacial score (nSPS) is 10.9. The highest BCUT2D eigenvalue weighted by atomic mass is 79.9. The van der Waals surface area contributed by atoms with Gasteiger partial charge in [0, 0.05) is 40.6 Å². The Bertz CT molecular complexity index is 545. The van der Waals surface area contributed by atoms with Gasteiger partial charge in [-0.2, -0.15) is 0 Å². The summed E-state index contributed by atoms with van der Waals surface area (Å²) in [5, 5.41) is 1.12. The predicted molar refractivity (Wildman–Crippen MR) is 68.6 cm³/mol. The Morgan fingerprint density at radius 3 is 2.94 bits per heavy atom. The standard InChI is InChI=1S/C12H13BrN2O/c1-15-7-10(13)9-3-2-8(6-11(9)15)12(16)4-5-14/h2-3,6-7H,4-5,14H2,1H3. The van der Waals surface area contributed by atoms with Gasteiger partial charge in [-0.1, -0.05) is 12.1 Å². The van der Waals surface area contributed by atoms with Crippen LogP contribution in [0.25, 0.3) is 10.9 Å². The van der Waals surface area contributed by atoms with Gasteiger partial charge in [0.1, 0.15) is 0 Å². The molecule has 0 unspecified atom stereocenters. The van der Waals surface area contributed by atoms with Crippen molar-refractivity contribution in [2.24, 2.45) is 12.8 Å². The van der Waals surface area contributed by atoms with Crippen LogP contribution < -0.4 is 5.73 Å². The number of fused-ring (bicyclic) bond motifs is 1. The summed E-state index contributed by atoms with van der Waals surface area (Å²) in [6.07, 6.45) is 2.39. The number of ketones is 1. The average Bonchev–Trinajstić information content (AvgIpc) is 2.55. The first kappa shape index (κ1) is 11.4. The topological polar surface area (TPSA) is 48.0 Å². The highest BCUT2D eigenvalue weighted by Gasteiger charge is 2.09. The second-order valence-corrected chi connectivity index (χ2v) is 4.64. The third-order valence-electron chi connectivity index (χ3n) is 2.64. The van der Waals surface area contributed by atoms with Crippen molar-refractivity contribution in [3.63, 3.8) is 0 Å². The first-order valence-electron chi connectivity index (χ1n) is 5.11. The zero-order valence-corrected chi connectivity index (χ0v) is 10.6. The van der Waals surface area contributed by atoms with Crippen molar-refractivity contribution in [3.8, 4) is 0 Å². The minimum Gasteiger partial charge on any atom is -0.349 e. The number of rotatable bonds is 3. The number of nitrogens with two attached hydrogens (primary N) is 1. The molecule has 4 heteroatoms. The van der Waals surface area contributed by atoms with Crippen LogP contribution in [0.2, 0.25) is 0 Å². The molecule has 2 aromatic rings. The van der Waals surface area contributed by atoms with Crippen LogP contribution in [0.15, 0.2) is 28.9 Å². The molecule has 1 aromatic carbocycles. The number of nitrogens with zero attached hydrogens (tertiary/aromatic N) is 1. The van der Waals surface area contributed by atoms with Gasteiger partial charge in [0.25, 0.3) is 0 Å². The van der Waals surface area contributed by atoms with Crippen molar-refractivity contribution in [3.05, 3.63) is 34.4 Å². The number of carbonyl (C=O) groups excluding carboxylic acids is 1. The van der Waals surface area contributed by atoms with E-state index in [1.165, 1.54) is 0 Å². The third-order valence-corrected chi connectivity index (χ3v) is 3.27. The summed E-state index contributed by atoms with van der Waals surface area (Å²) in [6, 6.07) is 5.73. The lowest BCUT2D eigenvalue weighted by Gasteiger charge is -2.01. The maximum atomic E-state index is 11.7. The first-order chi connectivity index (χ1) is 7.63. The Labute approximate surface area is 102 Å². The molecule has 0 aliphatic heterocycles. The van der Waals surface area contributed by atoms with E-state index in [0.29, 0.717) is 13.0 Å². The summed E-state index contributed by atoms with van der Waals surface area (Å²) in [5.41, 5.74) is 7.16. The van der Waals surface area contributed by atoms with E-state index < -0.39 is 0 Å². The molecule has 0 spiro atoms. The van der Waals surface area contributed by atoms with Crippen LogP contribution in [0.1, 0.15) is 16.8 Å². The van der Waals surface area contributed by atoms with E-state index in [-0.39, 0.29) is 5.78 Å². The minimum atomic E-state index is 0.0988. The number of hydrogen-bond donors (Lipinski definition) is 1. The predicted octanol–water partition coefficient (Wildman–Crippen LogP) is 2.47. The molecule has 0 amide bonds. The molecule has 0 fully saturated rings. The number of aromatic nitrogens is 1. The molecule has 0 aliphatic carbocycles. The maximum Gasteiger partial charge on any atom is 0.164 e. The maximum absolute atomic E-state index is 11.7. The Kier molecular flexibility index (Phi) is 3.12. The largest absolute Gasteiger partial charge is 0.349 e. The van der Waals surface area contributed by atoms with E-state index in [1.807, 2.05) is 36.0 Å². The van der Waals surface area contributed by atoms with Gasteiger partial charge in [0.2, 0.25) is 0 Å². The Balaban J connectivity index is 2.51. The third kappa shape index (κ3) is 1.90. The fourth-order valence-electron chi connectivity index (χ4n) is 1.78. The molecule has 16 heavy (non-hydrogen) atoms. The summed E-state index contributed by atoms with van der Waals surface area (Å²) in [7, 11) is 1.96. The lowest BCUT2D eigenvalue weighted by molar-refractivity contribution is 0.0985. The molecule has 0 radical (unpaired) electrons. The molecular formula is C12H13BrN2O. The van der Waals surface area contributed by atoms with Gasteiger partial charge >= 0.3 is 0 Å². The van der Waals surface area contributed by atoms with Gasteiger partial charge in [0.05, 0.1) is 0 Å². The zero-order valence-electron chi connectivity index (χ0n) is 9.03. The van der Waals surface area contributed by atoms with Gasteiger partial charge in [-0.15, -0.1) is 0 Å². The van der Waals surface area contributed by atoms with E-state index in [0.717, 1.165) is 20.9 Å². The SMILES string of the molecule is Cn1cc(Br)c2ccc(C(=O)CCN)cc21. The van der Waals surface area contributed by atoms with E-state index >= 15 is 0 Å². The first-order valence-corrected chi connectivity index (χ1v) is 5.90. The number of aryl methyl sites for hydroxylation is 1. The van der Waals surface area contributed by atoms with Crippen molar-refractivity contribution in [1.29, 1.82) is 0 Å². The van der Waals surface area contributed by atoms with Crippen LogP contribution in [0.5, 0.6) is 0 Å². The van der Waals surface area contributed by atoms with Gasteiger partial charge in [-0.25, -0.2) is 0 Å². The molecule has 1 aromatic heterocycles. The fraction of sp³-hybridized carbons (Fsp3) is 0.250. The lowest BCUT2D eigenvalue weighted by atomic mass is 10.1. The van der Waals surface area contributed by atoms with Gasteiger partial charge in [-0.05, 0) is 28.5 Å². The zero-order chi connectivity index (χ0) is 11.7. The van der Waals surface area contributed by atoms with Crippen molar-refractivity contribution in [1.82, 2.24) is 4.57 Å². The smallest absolute Gasteiger partial charge is 0.164 e. The van der Waals surface area contributed by atoms with E-state index in [1.54, 1.807) is 0 Å². The summed E-state index contributed by atoms with van der Waals surface area (Å²) in [5.74, 6) is 0.0988. The summed E-state index contributed by atoms with van der Waals surface area (Å²) >= 11 is 3.48. The molecule has 2 rings (SSSR count). The second-order valence-electron chi connectivity index (χ2n) is 3.78. The average molecular weight is 281 g/mol. The molecule has 1 heterocycles. The van der Waals surface area contributed by atoms with Gasteiger partial charge < -0.3 is 10.3 Å². The van der Waals surface area contributed by atoms with E-state index in [2.05, 4.69) is 15.9 Å². The number of hydrogen-bond acceptors (Lipinski definition) is 2. The molecule has 84 valence electrons. The van der Waals surface area contributed by atoms with Crippen LogP contribution in [0.4, 0.5) is 0 Å². The van der Waals surface area contributed by atoms with Crippen LogP contribution in [0.3, 0.4) is 0 Å². The molecule has 0 saturated heterocycles. The van der Waals surface area contributed by atoms with Crippen LogP contribution in [-0.4, -0.2) is 16.9 Å². The minimum absolute atomic E-state index is 0.0988. The quantitative estimate of drug-likeness (QED) is 0.878. The van der Waals surface area contributed by atoms with Crippen molar-refractivity contribution in [2.75, 3.05) is 6.54 Å². The summed E-state index contributed by atoms with van der Waals surface area (Å²) < 4.78 is 3.04. The number of halogens is 1. The summed E-state index contributed by atoms with van der Waals surface area (Å²) in [6.45, 7) is 0.397. The van der Waals surface area contributed by atoms with Crippen LogP contribution >= 0.6 is 15.9 Å². The van der Waals surface area contributed by atoms with Crippen LogP contribution in [-0.2, 0) is 7.05 Å². The number of Topliss-reactive ketones (excluding diaryl/α,β-unsaturated/α-hetero) is 1. The second kappa shape index (κ2) is 4.39. The Morgan fingerprint density at radius 2 is 2.25 bits per heavy atom. The molecule has 0 atom stereocenters. The molecule has 2 N–H and O–H groups in total. The molecule has 3 nitrogen and oxygen atoms in total. The van der Waals surface area contributed by atoms with Gasteiger partial charge in [-0.3, -0.25) is 4.79 Å². The summed E-state index contributed by atoms with van der Waals surface area (Å²) in [4.78, 5) is 11.7. The van der Waals surface area contributed by atoms with E-state index in [4.69, 9.17) is 5.73 Å². The number of benzene rings is 1. The highest BCUT2D eigenvalue weighted by molar-refractivity contribution is 9.10. The molecule has 0 saturated carbocycles. The highest BCUT2D eigenvalue weighted by Crippen LogP contribution is 2.26. The van der Waals surface area contributed by atoms with Crippen molar-refractivity contribution >= 4 is 32.6 Å². The van der Waals surface area contributed by atoms with Crippen molar-refractivity contribution < 1.29 is 4.79 Å². The lowest BCUT2D eigenvalue weighted by Crippen LogP contribution is -2.08. The molecule has 0 aliphatic rings. The van der Waals surface area contributed by atoms with E-state index in [9.17, 15) is 4.79 Å². The van der Waals surface area contributed by atoms with Gasteiger partial charge in [0.15, 0.2) is 5.78 Å². The monoisotopic (exact) mass is 280 g/mol. The van der Waals surface area contributed by atoms with Crippen LogP contribution in [0, 0.1) is 0 Å².